The zero-order chi connectivity index (χ0) is 15.6. The highest BCUT2D eigenvalue weighted by molar-refractivity contribution is 6.29. The lowest BCUT2D eigenvalue weighted by Gasteiger charge is -2.17. The van der Waals surface area contributed by atoms with Gasteiger partial charge in [0.05, 0.1) is 5.56 Å². The zero-order valence-corrected chi connectivity index (χ0v) is 12.6. The van der Waals surface area contributed by atoms with Gasteiger partial charge in [-0.05, 0) is 12.1 Å². The molecule has 0 N–H and O–H groups in total. The molecule has 0 aliphatic rings. The van der Waals surface area contributed by atoms with Crippen LogP contribution in [0.25, 0.3) is 0 Å². The highest BCUT2D eigenvalue weighted by atomic mass is 35.5. The molecular formula is C15H13ClFN3O. The van der Waals surface area contributed by atoms with Gasteiger partial charge in [0.25, 0.3) is 0 Å². The fourth-order valence-corrected chi connectivity index (χ4v) is 1.73. The van der Waals surface area contributed by atoms with Crippen LogP contribution in [0.5, 0.6) is 11.6 Å². The van der Waals surface area contributed by atoms with E-state index in [4.69, 9.17) is 21.6 Å². The maximum Gasteiger partial charge on any atom is 0.224 e. The fraction of sp³-hybridized carbons (Fsp3) is 0.267. The van der Waals surface area contributed by atoms with E-state index < -0.39 is 5.82 Å². The molecule has 1 aromatic heterocycles. The predicted molar refractivity (Wildman–Crippen MR) is 76.9 cm³/mol. The first-order valence-electron chi connectivity index (χ1n) is 6.22. The number of aromatic nitrogens is 2. The van der Waals surface area contributed by atoms with Crippen molar-refractivity contribution in [3.05, 3.63) is 46.6 Å². The first kappa shape index (κ1) is 15.2. The molecule has 1 aromatic carbocycles. The van der Waals surface area contributed by atoms with Gasteiger partial charge in [-0.15, -0.1) is 0 Å². The number of halogens is 2. The molecule has 2 aromatic rings. The van der Waals surface area contributed by atoms with Gasteiger partial charge < -0.3 is 4.74 Å². The van der Waals surface area contributed by atoms with Gasteiger partial charge in [0.2, 0.25) is 5.88 Å². The van der Waals surface area contributed by atoms with Gasteiger partial charge >= 0.3 is 0 Å². The lowest BCUT2D eigenvalue weighted by molar-refractivity contribution is 0.442. The van der Waals surface area contributed by atoms with Crippen molar-refractivity contribution in [2.24, 2.45) is 0 Å². The van der Waals surface area contributed by atoms with E-state index in [-0.39, 0.29) is 27.8 Å². The normalized spacial score (nSPS) is 11.0. The summed E-state index contributed by atoms with van der Waals surface area (Å²) in [6.07, 6.45) is 0. The number of nitrogens with zero attached hydrogens (tertiary/aromatic N) is 3. The number of ether oxygens (including phenoxy) is 1. The Kier molecular flexibility index (Phi) is 4.10. The Morgan fingerprint density at radius 2 is 1.95 bits per heavy atom. The number of hydrogen-bond donors (Lipinski definition) is 0. The lowest BCUT2D eigenvalue weighted by atomic mass is 9.96. The number of hydrogen-bond acceptors (Lipinski definition) is 4. The first-order valence-corrected chi connectivity index (χ1v) is 6.60. The van der Waals surface area contributed by atoms with Crippen LogP contribution in [-0.4, -0.2) is 9.97 Å². The number of nitriles is 1. The quantitative estimate of drug-likeness (QED) is 0.779. The topological polar surface area (TPSA) is 58.8 Å². The van der Waals surface area contributed by atoms with E-state index in [0.29, 0.717) is 5.82 Å². The van der Waals surface area contributed by atoms with Crippen LogP contribution in [0, 0.1) is 17.1 Å². The van der Waals surface area contributed by atoms with Crippen molar-refractivity contribution in [2.75, 3.05) is 0 Å². The minimum atomic E-state index is -0.647. The molecule has 0 unspecified atom stereocenters. The number of rotatable bonds is 2. The molecule has 0 fully saturated rings. The molecular weight excluding hydrogens is 293 g/mol. The first-order chi connectivity index (χ1) is 9.79. The van der Waals surface area contributed by atoms with Crippen LogP contribution in [-0.2, 0) is 5.41 Å². The van der Waals surface area contributed by atoms with Gasteiger partial charge in [-0.25, -0.2) is 9.37 Å². The van der Waals surface area contributed by atoms with Crippen molar-refractivity contribution in [2.45, 2.75) is 26.2 Å². The Morgan fingerprint density at radius 1 is 1.24 bits per heavy atom. The van der Waals surface area contributed by atoms with Crippen LogP contribution >= 0.6 is 11.6 Å². The summed E-state index contributed by atoms with van der Waals surface area (Å²) in [5, 5.41) is 8.94. The summed E-state index contributed by atoms with van der Waals surface area (Å²) < 4.78 is 19.0. The summed E-state index contributed by atoms with van der Waals surface area (Å²) >= 11 is 5.95. The van der Waals surface area contributed by atoms with E-state index in [1.54, 1.807) is 6.07 Å². The third-order valence-electron chi connectivity index (χ3n) is 2.63. The highest BCUT2D eigenvalue weighted by Crippen LogP contribution is 2.27. The van der Waals surface area contributed by atoms with E-state index in [2.05, 4.69) is 9.97 Å². The lowest BCUT2D eigenvalue weighted by Crippen LogP contribution is -2.16. The molecule has 0 amide bonds. The third-order valence-corrected chi connectivity index (χ3v) is 2.82. The van der Waals surface area contributed by atoms with Gasteiger partial charge in [-0.2, -0.15) is 10.2 Å². The molecule has 4 nitrogen and oxygen atoms in total. The maximum absolute atomic E-state index is 13.5. The average molecular weight is 306 g/mol. The van der Waals surface area contributed by atoms with E-state index in [0.717, 1.165) is 6.07 Å². The van der Waals surface area contributed by atoms with E-state index in [1.807, 2.05) is 20.8 Å². The summed E-state index contributed by atoms with van der Waals surface area (Å²) in [7, 11) is 0. The van der Waals surface area contributed by atoms with E-state index in [1.165, 1.54) is 18.2 Å². The van der Waals surface area contributed by atoms with Gasteiger partial charge in [0, 0.05) is 17.5 Å². The average Bonchev–Trinajstić information content (AvgIpc) is 2.37. The Morgan fingerprint density at radius 3 is 2.52 bits per heavy atom. The second-order valence-electron chi connectivity index (χ2n) is 5.46. The van der Waals surface area contributed by atoms with Crippen molar-refractivity contribution >= 4 is 11.6 Å². The third kappa shape index (κ3) is 3.67. The molecule has 0 saturated carbocycles. The van der Waals surface area contributed by atoms with Crippen molar-refractivity contribution in [3.8, 4) is 17.7 Å². The van der Waals surface area contributed by atoms with Gasteiger partial charge in [0.15, 0.2) is 0 Å². The molecule has 6 heteroatoms. The second-order valence-corrected chi connectivity index (χ2v) is 5.85. The fourth-order valence-electron chi connectivity index (χ4n) is 1.56. The highest BCUT2D eigenvalue weighted by Gasteiger charge is 2.19. The van der Waals surface area contributed by atoms with Crippen LogP contribution in [0.15, 0.2) is 24.3 Å². The summed E-state index contributed by atoms with van der Waals surface area (Å²) in [6, 6.07) is 7.17. The predicted octanol–water partition coefficient (Wildman–Crippen LogP) is 4.23. The summed E-state index contributed by atoms with van der Waals surface area (Å²) in [5.74, 6) is 0.343. The molecule has 1 heterocycles. The van der Waals surface area contributed by atoms with Crippen LogP contribution in [0.2, 0.25) is 5.15 Å². The van der Waals surface area contributed by atoms with Crippen LogP contribution in [0.3, 0.4) is 0 Å². The second kappa shape index (κ2) is 5.66. The Bertz CT molecular complexity index is 720. The molecule has 2 rings (SSSR count). The molecule has 0 radical (unpaired) electrons. The standard InChI is InChI=1S/C15H13ClFN3O/c1-15(2,3)14-19-12(16)7-13(20-14)21-10-5-4-9(8-18)11(17)6-10/h4-7H,1-3H3. The van der Waals surface area contributed by atoms with Gasteiger partial charge in [-0.1, -0.05) is 32.4 Å². The van der Waals surface area contributed by atoms with Crippen molar-refractivity contribution < 1.29 is 9.13 Å². The summed E-state index contributed by atoms with van der Waals surface area (Å²) in [5.41, 5.74) is -0.336. The largest absolute Gasteiger partial charge is 0.439 e. The maximum atomic E-state index is 13.5. The molecule has 0 atom stereocenters. The van der Waals surface area contributed by atoms with Gasteiger partial charge in [-0.3, -0.25) is 0 Å². The monoisotopic (exact) mass is 305 g/mol. The van der Waals surface area contributed by atoms with Crippen LogP contribution in [0.1, 0.15) is 32.2 Å². The molecule has 0 aliphatic carbocycles. The van der Waals surface area contributed by atoms with E-state index >= 15 is 0 Å². The molecule has 21 heavy (non-hydrogen) atoms. The van der Waals surface area contributed by atoms with Crippen molar-refractivity contribution in [1.29, 1.82) is 5.26 Å². The Hall–Kier alpha value is -2.19. The molecule has 0 aliphatic heterocycles. The summed E-state index contributed by atoms with van der Waals surface area (Å²) in [6.45, 7) is 5.84. The molecule has 0 saturated heterocycles. The van der Waals surface area contributed by atoms with Crippen molar-refractivity contribution in [1.82, 2.24) is 9.97 Å². The Balaban J connectivity index is 2.34. The zero-order valence-electron chi connectivity index (χ0n) is 11.8. The minimum Gasteiger partial charge on any atom is -0.439 e. The minimum absolute atomic E-state index is 0.0431. The molecule has 108 valence electrons. The van der Waals surface area contributed by atoms with Crippen LogP contribution < -0.4 is 4.74 Å². The van der Waals surface area contributed by atoms with Gasteiger partial charge in [0.1, 0.15) is 28.6 Å². The number of benzene rings is 1. The molecule has 0 bridgehead atoms. The van der Waals surface area contributed by atoms with Crippen molar-refractivity contribution in [3.63, 3.8) is 0 Å². The summed E-state index contributed by atoms with van der Waals surface area (Å²) in [4.78, 5) is 8.42. The van der Waals surface area contributed by atoms with Crippen LogP contribution in [0.4, 0.5) is 4.39 Å². The SMILES string of the molecule is CC(C)(C)c1nc(Cl)cc(Oc2ccc(C#N)c(F)c2)n1. The Labute approximate surface area is 127 Å². The molecule has 0 spiro atoms. The smallest absolute Gasteiger partial charge is 0.224 e. The van der Waals surface area contributed by atoms with E-state index in [9.17, 15) is 4.39 Å².